The summed E-state index contributed by atoms with van der Waals surface area (Å²) in [5.74, 6) is 1.05. The Morgan fingerprint density at radius 3 is 2.29 bits per heavy atom. The van der Waals surface area contributed by atoms with E-state index in [2.05, 4.69) is 0 Å². The summed E-state index contributed by atoms with van der Waals surface area (Å²) in [5, 5.41) is 9.73. The summed E-state index contributed by atoms with van der Waals surface area (Å²) < 4.78 is 12.9. The average Bonchev–Trinajstić information content (AvgIpc) is 3.06. The maximum atomic E-state index is 12.9. The highest BCUT2D eigenvalue weighted by atomic mass is 19.1. The molecule has 0 aromatic heterocycles. The van der Waals surface area contributed by atoms with Crippen molar-refractivity contribution in [3.8, 4) is 0 Å². The van der Waals surface area contributed by atoms with Gasteiger partial charge in [0, 0.05) is 19.6 Å². The van der Waals surface area contributed by atoms with Gasteiger partial charge in [-0.1, -0.05) is 12.1 Å². The van der Waals surface area contributed by atoms with Crippen LogP contribution in [-0.2, 0) is 11.3 Å². The highest BCUT2D eigenvalue weighted by Gasteiger charge is 2.43. The molecule has 3 rings (SSSR count). The van der Waals surface area contributed by atoms with Crippen molar-refractivity contribution in [2.75, 3.05) is 20.6 Å². The van der Waals surface area contributed by atoms with Crippen LogP contribution in [0, 0.1) is 17.7 Å². The van der Waals surface area contributed by atoms with Crippen LogP contribution in [0.5, 0.6) is 0 Å². The predicted octanol–water partition coefficient (Wildman–Crippen LogP) is 2.27. The molecule has 2 aliphatic carbocycles. The number of fused-ring (bicyclic) bond motifs is 1. The molecule has 0 aliphatic heterocycles. The van der Waals surface area contributed by atoms with Gasteiger partial charge in [0.2, 0.25) is 5.91 Å². The van der Waals surface area contributed by atoms with Crippen molar-refractivity contribution in [1.29, 1.82) is 0 Å². The minimum atomic E-state index is -0.242. The van der Waals surface area contributed by atoms with Gasteiger partial charge in [0.1, 0.15) is 5.82 Å². The fraction of sp³-hybridized carbons (Fsp3) is 0.632. The Balaban J connectivity index is 1.48. The van der Waals surface area contributed by atoms with Gasteiger partial charge in [0.25, 0.3) is 0 Å². The summed E-state index contributed by atoms with van der Waals surface area (Å²) in [4.78, 5) is 16.4. The van der Waals surface area contributed by atoms with E-state index < -0.39 is 0 Å². The van der Waals surface area contributed by atoms with Crippen molar-refractivity contribution in [2.24, 2.45) is 11.8 Å². The Hall–Kier alpha value is -1.46. The van der Waals surface area contributed by atoms with Crippen LogP contribution >= 0.6 is 0 Å². The van der Waals surface area contributed by atoms with Crippen molar-refractivity contribution in [3.05, 3.63) is 35.6 Å². The SMILES string of the molecule is CN(CC(=O)N(C)C1C[C@H]2CC(O)C[C@H]2C1)Cc1ccc(F)cc1. The van der Waals surface area contributed by atoms with E-state index in [1.165, 1.54) is 12.1 Å². The summed E-state index contributed by atoms with van der Waals surface area (Å²) in [7, 11) is 3.81. The first kappa shape index (κ1) is 17.4. The van der Waals surface area contributed by atoms with E-state index in [9.17, 15) is 14.3 Å². The molecule has 0 saturated heterocycles. The summed E-state index contributed by atoms with van der Waals surface area (Å²) in [6.45, 7) is 0.990. The summed E-state index contributed by atoms with van der Waals surface area (Å²) in [6.07, 6.45) is 3.70. The molecule has 1 aromatic rings. The molecule has 24 heavy (non-hydrogen) atoms. The van der Waals surface area contributed by atoms with E-state index in [0.29, 0.717) is 31.0 Å². The zero-order chi connectivity index (χ0) is 17.3. The lowest BCUT2D eigenvalue weighted by molar-refractivity contribution is -0.133. The van der Waals surface area contributed by atoms with Crippen molar-refractivity contribution in [2.45, 2.75) is 44.4 Å². The van der Waals surface area contributed by atoms with Crippen LogP contribution in [0.1, 0.15) is 31.2 Å². The first-order chi connectivity index (χ1) is 11.4. The minimum absolute atomic E-state index is 0.130. The first-order valence-corrected chi connectivity index (χ1v) is 8.79. The normalized spacial score (nSPS) is 29.0. The molecule has 2 fully saturated rings. The van der Waals surface area contributed by atoms with Crippen molar-refractivity contribution in [1.82, 2.24) is 9.80 Å². The van der Waals surface area contributed by atoms with E-state index in [4.69, 9.17) is 0 Å². The molecule has 0 radical (unpaired) electrons. The number of carbonyl (C=O) groups is 1. The molecule has 1 N–H and O–H groups in total. The molecule has 2 saturated carbocycles. The second-order valence-electron chi connectivity index (χ2n) is 7.57. The number of carbonyl (C=O) groups excluding carboxylic acids is 1. The molecule has 0 heterocycles. The third kappa shape index (κ3) is 3.95. The van der Waals surface area contributed by atoms with Crippen LogP contribution in [0.2, 0.25) is 0 Å². The Morgan fingerprint density at radius 2 is 1.71 bits per heavy atom. The van der Waals surface area contributed by atoms with E-state index in [-0.39, 0.29) is 17.8 Å². The second-order valence-corrected chi connectivity index (χ2v) is 7.57. The lowest BCUT2D eigenvalue weighted by Gasteiger charge is -2.28. The van der Waals surface area contributed by atoms with Crippen LogP contribution in [0.3, 0.4) is 0 Å². The van der Waals surface area contributed by atoms with Gasteiger partial charge in [0.15, 0.2) is 0 Å². The van der Waals surface area contributed by atoms with Gasteiger partial charge in [-0.05, 0) is 62.3 Å². The van der Waals surface area contributed by atoms with E-state index in [0.717, 1.165) is 31.2 Å². The Labute approximate surface area is 143 Å². The van der Waals surface area contributed by atoms with Crippen LogP contribution in [0.4, 0.5) is 4.39 Å². The molecule has 4 nitrogen and oxygen atoms in total. The van der Waals surface area contributed by atoms with Crippen molar-refractivity contribution >= 4 is 5.91 Å². The quantitative estimate of drug-likeness (QED) is 0.898. The number of hydrogen-bond acceptors (Lipinski definition) is 3. The van der Waals surface area contributed by atoms with Gasteiger partial charge in [-0.25, -0.2) is 4.39 Å². The van der Waals surface area contributed by atoms with Crippen LogP contribution in [-0.4, -0.2) is 53.6 Å². The summed E-state index contributed by atoms with van der Waals surface area (Å²) >= 11 is 0. The largest absolute Gasteiger partial charge is 0.393 e. The van der Waals surface area contributed by atoms with Gasteiger partial charge >= 0.3 is 0 Å². The first-order valence-electron chi connectivity index (χ1n) is 8.79. The number of benzene rings is 1. The van der Waals surface area contributed by atoms with Gasteiger partial charge in [-0.3, -0.25) is 9.69 Å². The highest BCUT2D eigenvalue weighted by molar-refractivity contribution is 5.78. The van der Waals surface area contributed by atoms with E-state index in [1.807, 2.05) is 23.9 Å². The summed E-state index contributed by atoms with van der Waals surface area (Å²) in [6, 6.07) is 6.71. The molecular weight excluding hydrogens is 307 g/mol. The predicted molar refractivity (Wildman–Crippen MR) is 90.7 cm³/mol. The van der Waals surface area contributed by atoms with E-state index in [1.54, 1.807) is 12.1 Å². The number of amides is 1. The number of nitrogens with zero attached hydrogens (tertiary/aromatic N) is 2. The highest BCUT2D eigenvalue weighted by Crippen LogP contribution is 2.45. The maximum Gasteiger partial charge on any atom is 0.236 e. The lowest BCUT2D eigenvalue weighted by Crippen LogP contribution is -2.41. The maximum absolute atomic E-state index is 12.9. The molecule has 132 valence electrons. The number of aliphatic hydroxyl groups is 1. The number of likely N-dealkylation sites (N-methyl/N-ethyl adjacent to an activating group) is 2. The topological polar surface area (TPSA) is 43.8 Å². The van der Waals surface area contributed by atoms with Crippen molar-refractivity contribution in [3.63, 3.8) is 0 Å². The standard InChI is InChI=1S/C19H27FN2O2/c1-21(11-13-3-5-16(20)6-4-13)12-19(24)22(2)17-7-14-9-18(23)10-15(14)8-17/h3-6,14-15,17-18,23H,7-12H2,1-2H3/t14-,15+,17?,18?. The van der Waals surface area contributed by atoms with Gasteiger partial charge in [0.05, 0.1) is 12.6 Å². The molecule has 5 heteroatoms. The molecular formula is C19H27FN2O2. The fourth-order valence-corrected chi connectivity index (χ4v) is 4.37. The van der Waals surface area contributed by atoms with Crippen LogP contribution in [0.15, 0.2) is 24.3 Å². The number of hydrogen-bond donors (Lipinski definition) is 1. The lowest BCUT2D eigenvalue weighted by atomic mass is 10.0. The number of halogens is 1. The van der Waals surface area contributed by atoms with Gasteiger partial charge in [-0.2, -0.15) is 0 Å². The average molecular weight is 334 g/mol. The number of aliphatic hydroxyl groups excluding tert-OH is 1. The molecule has 0 bridgehead atoms. The van der Waals surface area contributed by atoms with E-state index >= 15 is 0 Å². The Bertz CT molecular complexity index is 563. The zero-order valence-corrected chi connectivity index (χ0v) is 14.5. The van der Waals surface area contributed by atoms with Crippen molar-refractivity contribution < 1.29 is 14.3 Å². The molecule has 1 aromatic carbocycles. The molecule has 1 amide bonds. The van der Waals surface area contributed by atoms with Gasteiger partial charge in [-0.15, -0.1) is 0 Å². The third-order valence-electron chi connectivity index (χ3n) is 5.68. The molecule has 2 unspecified atom stereocenters. The molecule has 0 spiro atoms. The minimum Gasteiger partial charge on any atom is -0.393 e. The monoisotopic (exact) mass is 334 g/mol. The number of rotatable bonds is 5. The Kier molecular flexibility index (Phi) is 5.21. The second kappa shape index (κ2) is 7.19. The Morgan fingerprint density at radius 1 is 1.12 bits per heavy atom. The smallest absolute Gasteiger partial charge is 0.236 e. The van der Waals surface area contributed by atoms with Crippen LogP contribution < -0.4 is 0 Å². The van der Waals surface area contributed by atoms with Gasteiger partial charge < -0.3 is 10.0 Å². The third-order valence-corrected chi connectivity index (χ3v) is 5.68. The summed E-state index contributed by atoms with van der Waals surface area (Å²) in [5.41, 5.74) is 0.999. The molecule has 4 atom stereocenters. The van der Waals surface area contributed by atoms with Crippen LogP contribution in [0.25, 0.3) is 0 Å². The molecule has 2 aliphatic rings. The fourth-order valence-electron chi connectivity index (χ4n) is 4.37. The zero-order valence-electron chi connectivity index (χ0n) is 14.5.